The van der Waals surface area contributed by atoms with Gasteiger partial charge in [-0.25, -0.2) is 0 Å². The normalized spacial score (nSPS) is 18.5. The molecule has 1 amide bonds. The third kappa shape index (κ3) is 4.51. The molecule has 0 saturated carbocycles. The zero-order valence-corrected chi connectivity index (χ0v) is 14.5. The van der Waals surface area contributed by atoms with Crippen LogP contribution in [0.2, 0.25) is 10.0 Å². The van der Waals surface area contributed by atoms with E-state index in [4.69, 9.17) is 32.4 Å². The van der Waals surface area contributed by atoms with Crippen molar-refractivity contribution in [2.75, 3.05) is 26.2 Å². The summed E-state index contributed by atoms with van der Waals surface area (Å²) in [6.07, 6.45) is 1.47. The highest BCUT2D eigenvalue weighted by Crippen LogP contribution is 2.28. The van der Waals surface area contributed by atoms with Gasteiger partial charge in [0.05, 0.1) is 42.1 Å². The lowest BCUT2D eigenvalue weighted by Gasteiger charge is -2.32. The van der Waals surface area contributed by atoms with Gasteiger partial charge in [0.1, 0.15) is 5.76 Å². The van der Waals surface area contributed by atoms with Gasteiger partial charge in [-0.15, -0.1) is 0 Å². The van der Waals surface area contributed by atoms with Gasteiger partial charge in [-0.2, -0.15) is 0 Å². The van der Waals surface area contributed by atoms with E-state index in [1.54, 1.807) is 18.4 Å². The molecule has 7 heteroatoms. The van der Waals surface area contributed by atoms with E-state index in [9.17, 15) is 4.79 Å². The van der Waals surface area contributed by atoms with E-state index in [1.165, 1.54) is 0 Å². The summed E-state index contributed by atoms with van der Waals surface area (Å²) in [5, 5.41) is 3.87. The maximum absolute atomic E-state index is 12.1. The number of morpholine rings is 1. The smallest absolute Gasteiger partial charge is 0.234 e. The Morgan fingerprint density at radius 2 is 2.17 bits per heavy atom. The second kappa shape index (κ2) is 8.03. The molecule has 1 atom stereocenters. The maximum atomic E-state index is 12.1. The second-order valence-corrected chi connectivity index (χ2v) is 6.44. The molecule has 1 aromatic carbocycles. The Labute approximate surface area is 150 Å². The number of carbonyl (C=O) groups excluding carboxylic acids is 1. The van der Waals surface area contributed by atoms with Crippen molar-refractivity contribution in [3.8, 4) is 0 Å². The molecule has 0 bridgehead atoms. The average Bonchev–Trinajstić information content (AvgIpc) is 3.09. The highest BCUT2D eigenvalue weighted by molar-refractivity contribution is 6.42. The molecule has 1 N–H and O–H groups in total. The van der Waals surface area contributed by atoms with Crippen LogP contribution in [0.4, 0.5) is 0 Å². The number of rotatable bonds is 5. The predicted molar refractivity (Wildman–Crippen MR) is 92.1 cm³/mol. The Morgan fingerprint density at radius 1 is 1.29 bits per heavy atom. The monoisotopic (exact) mass is 368 g/mol. The van der Waals surface area contributed by atoms with Gasteiger partial charge < -0.3 is 14.5 Å². The van der Waals surface area contributed by atoms with Crippen LogP contribution in [0.5, 0.6) is 0 Å². The average molecular weight is 369 g/mol. The first kappa shape index (κ1) is 17.3. The molecule has 1 aliphatic heterocycles. The van der Waals surface area contributed by atoms with Crippen LogP contribution in [-0.2, 0) is 16.1 Å². The van der Waals surface area contributed by atoms with Crippen LogP contribution in [0.25, 0.3) is 0 Å². The molecule has 0 spiro atoms. The first-order chi connectivity index (χ1) is 11.6. The third-order valence-corrected chi connectivity index (χ3v) is 4.61. The van der Waals surface area contributed by atoms with Crippen molar-refractivity contribution < 1.29 is 13.9 Å². The van der Waals surface area contributed by atoms with Crippen LogP contribution in [0.15, 0.2) is 41.0 Å². The molecule has 0 radical (unpaired) electrons. The van der Waals surface area contributed by atoms with Gasteiger partial charge in [0.25, 0.3) is 0 Å². The third-order valence-electron chi connectivity index (χ3n) is 3.87. The van der Waals surface area contributed by atoms with Crippen LogP contribution in [0.3, 0.4) is 0 Å². The molecule has 3 rings (SSSR count). The maximum Gasteiger partial charge on any atom is 0.234 e. The van der Waals surface area contributed by atoms with E-state index in [2.05, 4.69) is 10.2 Å². The Balaban J connectivity index is 1.53. The summed E-state index contributed by atoms with van der Waals surface area (Å²) in [5.74, 6) is 0.695. The zero-order valence-electron chi connectivity index (χ0n) is 13.0. The molecule has 0 unspecified atom stereocenters. The zero-order chi connectivity index (χ0) is 16.9. The van der Waals surface area contributed by atoms with Crippen molar-refractivity contribution in [1.29, 1.82) is 0 Å². The molecule has 0 aliphatic carbocycles. The number of nitrogens with one attached hydrogen (secondary N) is 1. The van der Waals surface area contributed by atoms with Crippen molar-refractivity contribution in [1.82, 2.24) is 10.2 Å². The van der Waals surface area contributed by atoms with Crippen LogP contribution in [0, 0.1) is 0 Å². The van der Waals surface area contributed by atoms with Crippen molar-refractivity contribution in [2.45, 2.75) is 12.6 Å². The number of carbonyl (C=O) groups is 1. The minimum Gasteiger partial charge on any atom is -0.467 e. The SMILES string of the molecule is O=C(CN1CCO[C@@H](c2ccc(Cl)c(Cl)c2)C1)NCc1ccco1. The van der Waals surface area contributed by atoms with Gasteiger partial charge >= 0.3 is 0 Å². The minimum atomic E-state index is -0.119. The van der Waals surface area contributed by atoms with Crippen molar-refractivity contribution in [3.05, 3.63) is 58.0 Å². The fourth-order valence-electron chi connectivity index (χ4n) is 2.62. The first-order valence-corrected chi connectivity index (χ1v) is 8.45. The van der Waals surface area contributed by atoms with E-state index in [-0.39, 0.29) is 12.0 Å². The van der Waals surface area contributed by atoms with E-state index in [0.29, 0.717) is 42.8 Å². The summed E-state index contributed by atoms with van der Waals surface area (Å²) in [6, 6.07) is 9.10. The van der Waals surface area contributed by atoms with Crippen molar-refractivity contribution in [2.24, 2.45) is 0 Å². The summed E-state index contributed by atoms with van der Waals surface area (Å²) in [6.45, 7) is 2.63. The molecule has 2 heterocycles. The Morgan fingerprint density at radius 3 is 2.92 bits per heavy atom. The lowest BCUT2D eigenvalue weighted by atomic mass is 10.1. The number of hydrogen-bond acceptors (Lipinski definition) is 4. The number of hydrogen-bond donors (Lipinski definition) is 1. The summed E-state index contributed by atoms with van der Waals surface area (Å²) >= 11 is 12.0. The fourth-order valence-corrected chi connectivity index (χ4v) is 2.92. The Kier molecular flexibility index (Phi) is 5.79. The predicted octanol–water partition coefficient (Wildman–Crippen LogP) is 3.28. The van der Waals surface area contributed by atoms with Crippen LogP contribution in [-0.4, -0.2) is 37.0 Å². The standard InChI is InChI=1S/C17H18Cl2N2O3/c18-14-4-3-12(8-15(14)19)16-10-21(5-7-24-16)11-17(22)20-9-13-2-1-6-23-13/h1-4,6,8,16H,5,7,9-11H2,(H,20,22)/t16-/m1/s1. The number of nitrogens with zero attached hydrogens (tertiary/aromatic N) is 1. The highest BCUT2D eigenvalue weighted by Gasteiger charge is 2.24. The summed E-state index contributed by atoms with van der Waals surface area (Å²) < 4.78 is 11.0. The highest BCUT2D eigenvalue weighted by atomic mass is 35.5. The van der Waals surface area contributed by atoms with E-state index >= 15 is 0 Å². The number of furan rings is 1. The minimum absolute atomic E-state index is 0.0406. The van der Waals surface area contributed by atoms with E-state index in [1.807, 2.05) is 18.2 Å². The van der Waals surface area contributed by atoms with Crippen LogP contribution >= 0.6 is 23.2 Å². The lowest BCUT2D eigenvalue weighted by molar-refractivity contribution is -0.124. The molecule has 1 aliphatic rings. The number of amides is 1. The molecular formula is C17H18Cl2N2O3. The molecule has 2 aromatic rings. The van der Waals surface area contributed by atoms with Crippen molar-refractivity contribution in [3.63, 3.8) is 0 Å². The molecule has 24 heavy (non-hydrogen) atoms. The van der Waals surface area contributed by atoms with Gasteiger partial charge in [-0.1, -0.05) is 29.3 Å². The quantitative estimate of drug-likeness (QED) is 0.879. The van der Waals surface area contributed by atoms with Gasteiger partial charge in [-0.05, 0) is 29.8 Å². The number of halogens is 2. The van der Waals surface area contributed by atoms with Crippen LogP contribution in [0.1, 0.15) is 17.4 Å². The first-order valence-electron chi connectivity index (χ1n) is 7.70. The lowest BCUT2D eigenvalue weighted by Crippen LogP contribution is -2.44. The molecule has 128 valence electrons. The number of benzene rings is 1. The molecule has 1 saturated heterocycles. The molecular weight excluding hydrogens is 351 g/mol. The van der Waals surface area contributed by atoms with Gasteiger partial charge in [0.2, 0.25) is 5.91 Å². The molecule has 1 aromatic heterocycles. The Hall–Kier alpha value is -1.53. The fraction of sp³-hybridized carbons (Fsp3) is 0.353. The second-order valence-electron chi connectivity index (χ2n) is 5.62. The van der Waals surface area contributed by atoms with E-state index < -0.39 is 0 Å². The molecule has 1 fully saturated rings. The van der Waals surface area contributed by atoms with Gasteiger partial charge in [0.15, 0.2) is 0 Å². The van der Waals surface area contributed by atoms with Crippen molar-refractivity contribution >= 4 is 29.1 Å². The Bertz CT molecular complexity index is 691. The van der Waals surface area contributed by atoms with Crippen LogP contribution < -0.4 is 5.32 Å². The molecule has 5 nitrogen and oxygen atoms in total. The van der Waals surface area contributed by atoms with E-state index in [0.717, 1.165) is 11.3 Å². The number of ether oxygens (including phenoxy) is 1. The largest absolute Gasteiger partial charge is 0.467 e. The topological polar surface area (TPSA) is 54.7 Å². The van der Waals surface area contributed by atoms with Gasteiger partial charge in [-0.3, -0.25) is 9.69 Å². The summed E-state index contributed by atoms with van der Waals surface area (Å²) in [7, 11) is 0. The van der Waals surface area contributed by atoms with Gasteiger partial charge in [0, 0.05) is 13.1 Å². The summed E-state index contributed by atoms with van der Waals surface area (Å²) in [5.41, 5.74) is 0.963. The summed E-state index contributed by atoms with van der Waals surface area (Å²) in [4.78, 5) is 14.1.